The van der Waals surface area contributed by atoms with Crippen LogP contribution in [0.15, 0.2) is 30.5 Å². The minimum absolute atomic E-state index is 0.000579. The van der Waals surface area contributed by atoms with Crippen LogP contribution in [0.3, 0.4) is 0 Å². The maximum absolute atomic E-state index is 13.4. The minimum atomic E-state index is -0.537. The number of aromatic nitrogens is 2. The van der Waals surface area contributed by atoms with Gasteiger partial charge in [-0.3, -0.25) is 4.79 Å². The smallest absolute Gasteiger partial charge is 0.319 e. The van der Waals surface area contributed by atoms with Crippen LogP contribution in [-0.2, 0) is 4.79 Å². The summed E-state index contributed by atoms with van der Waals surface area (Å²) in [5, 5.41) is 2.56. The third-order valence-electron chi connectivity index (χ3n) is 2.76. The first-order valence-corrected chi connectivity index (χ1v) is 7.43. The number of halogens is 1. The van der Waals surface area contributed by atoms with E-state index in [9.17, 15) is 9.18 Å². The van der Waals surface area contributed by atoms with Gasteiger partial charge in [0.1, 0.15) is 5.69 Å². The standard InChI is InChI=1S/C16H18FN3O4/c1-3-22-15-12(9-18-16(20-15)23-4-2)19-14(21)10-24-13-8-6-5-7-11(13)17/h5-9H,3-4,10H2,1-2H3,(H,19,21). The summed E-state index contributed by atoms with van der Waals surface area (Å²) in [6, 6.07) is 5.99. The van der Waals surface area contributed by atoms with E-state index in [-0.39, 0.29) is 29.9 Å². The number of rotatable bonds is 8. The molecule has 1 amide bonds. The molecule has 1 N–H and O–H groups in total. The number of nitrogens with zero attached hydrogens (tertiary/aromatic N) is 2. The maximum Gasteiger partial charge on any atom is 0.319 e. The van der Waals surface area contributed by atoms with Crippen molar-refractivity contribution in [2.75, 3.05) is 25.1 Å². The SMILES string of the molecule is CCOc1ncc(NC(=O)COc2ccccc2F)c(OCC)n1. The second kappa shape index (κ2) is 8.66. The zero-order valence-corrected chi connectivity index (χ0v) is 13.4. The number of ether oxygens (including phenoxy) is 3. The normalized spacial score (nSPS) is 10.1. The van der Waals surface area contributed by atoms with Gasteiger partial charge >= 0.3 is 6.01 Å². The van der Waals surface area contributed by atoms with Gasteiger partial charge in [-0.2, -0.15) is 4.98 Å². The summed E-state index contributed by atoms with van der Waals surface area (Å²) in [7, 11) is 0. The fraction of sp³-hybridized carbons (Fsp3) is 0.312. The van der Waals surface area contributed by atoms with Crippen molar-refractivity contribution in [3.63, 3.8) is 0 Å². The van der Waals surface area contributed by atoms with Gasteiger partial charge in [-0.05, 0) is 26.0 Å². The molecule has 0 saturated heterocycles. The molecule has 0 aliphatic carbocycles. The second-order valence-electron chi connectivity index (χ2n) is 4.50. The van der Waals surface area contributed by atoms with E-state index in [4.69, 9.17) is 14.2 Å². The molecule has 0 atom stereocenters. The highest BCUT2D eigenvalue weighted by Gasteiger charge is 2.13. The molecule has 0 unspecified atom stereocenters. The number of carbonyl (C=O) groups is 1. The van der Waals surface area contributed by atoms with Crippen molar-refractivity contribution >= 4 is 11.6 Å². The van der Waals surface area contributed by atoms with Crippen LogP contribution in [0.5, 0.6) is 17.6 Å². The fourth-order valence-corrected chi connectivity index (χ4v) is 1.77. The summed E-state index contributed by atoms with van der Waals surface area (Å²) in [5.41, 5.74) is 0.280. The van der Waals surface area contributed by atoms with Crippen molar-refractivity contribution in [3.8, 4) is 17.6 Å². The third kappa shape index (κ3) is 4.80. The van der Waals surface area contributed by atoms with Crippen LogP contribution >= 0.6 is 0 Å². The lowest BCUT2D eigenvalue weighted by Crippen LogP contribution is -2.21. The molecule has 0 radical (unpaired) electrons. The van der Waals surface area contributed by atoms with Crippen molar-refractivity contribution in [2.24, 2.45) is 0 Å². The highest BCUT2D eigenvalue weighted by atomic mass is 19.1. The number of benzene rings is 1. The summed E-state index contributed by atoms with van der Waals surface area (Å²) in [4.78, 5) is 20.0. The summed E-state index contributed by atoms with van der Waals surface area (Å²) in [6.45, 7) is 4.00. The molecule has 7 nitrogen and oxygen atoms in total. The van der Waals surface area contributed by atoms with Crippen LogP contribution in [0, 0.1) is 5.82 Å². The molecule has 1 aromatic heterocycles. The Morgan fingerprint density at radius 2 is 1.92 bits per heavy atom. The average molecular weight is 335 g/mol. The maximum atomic E-state index is 13.4. The number of carbonyl (C=O) groups excluding carboxylic acids is 1. The van der Waals surface area contributed by atoms with Gasteiger partial charge in [-0.15, -0.1) is 0 Å². The van der Waals surface area contributed by atoms with Gasteiger partial charge in [0.05, 0.1) is 19.4 Å². The molecule has 24 heavy (non-hydrogen) atoms. The molecule has 2 rings (SSSR count). The first-order valence-electron chi connectivity index (χ1n) is 7.43. The largest absolute Gasteiger partial charge is 0.481 e. The Morgan fingerprint density at radius 1 is 1.17 bits per heavy atom. The van der Waals surface area contributed by atoms with E-state index < -0.39 is 11.7 Å². The molecule has 0 aliphatic rings. The third-order valence-corrected chi connectivity index (χ3v) is 2.76. The molecule has 0 saturated carbocycles. The van der Waals surface area contributed by atoms with Gasteiger partial charge in [0.25, 0.3) is 5.91 Å². The Kier molecular flexibility index (Phi) is 6.30. The number of hydrogen-bond acceptors (Lipinski definition) is 6. The fourth-order valence-electron chi connectivity index (χ4n) is 1.77. The molecule has 0 bridgehead atoms. The van der Waals surface area contributed by atoms with Crippen molar-refractivity contribution in [1.29, 1.82) is 0 Å². The number of para-hydroxylation sites is 1. The second-order valence-corrected chi connectivity index (χ2v) is 4.50. The van der Waals surface area contributed by atoms with Crippen molar-refractivity contribution in [1.82, 2.24) is 9.97 Å². The average Bonchev–Trinajstić information content (AvgIpc) is 2.57. The van der Waals surface area contributed by atoms with Crippen LogP contribution in [0.2, 0.25) is 0 Å². The number of hydrogen-bond donors (Lipinski definition) is 1. The Hall–Kier alpha value is -2.90. The van der Waals surface area contributed by atoms with Gasteiger partial charge in [0, 0.05) is 0 Å². The van der Waals surface area contributed by atoms with Crippen LogP contribution in [0.1, 0.15) is 13.8 Å². The lowest BCUT2D eigenvalue weighted by molar-refractivity contribution is -0.118. The summed E-state index contributed by atoms with van der Waals surface area (Å²) in [6.07, 6.45) is 1.38. The van der Waals surface area contributed by atoms with Crippen molar-refractivity contribution in [2.45, 2.75) is 13.8 Å². The summed E-state index contributed by atoms with van der Waals surface area (Å²) in [5.74, 6) is -0.840. The zero-order chi connectivity index (χ0) is 17.4. The van der Waals surface area contributed by atoms with E-state index in [1.807, 2.05) is 0 Å². The molecule has 0 spiro atoms. The first-order chi connectivity index (χ1) is 11.6. The predicted octanol–water partition coefficient (Wildman–Crippen LogP) is 2.43. The van der Waals surface area contributed by atoms with Crippen LogP contribution in [0.25, 0.3) is 0 Å². The topological polar surface area (TPSA) is 82.6 Å². The molecule has 0 fully saturated rings. The van der Waals surface area contributed by atoms with E-state index in [1.54, 1.807) is 19.9 Å². The quantitative estimate of drug-likeness (QED) is 0.798. The van der Waals surface area contributed by atoms with Gasteiger partial charge in [-0.1, -0.05) is 12.1 Å². The molecule has 1 heterocycles. The van der Waals surface area contributed by atoms with Gasteiger partial charge in [0.15, 0.2) is 18.2 Å². The lowest BCUT2D eigenvalue weighted by Gasteiger charge is -2.12. The molecule has 8 heteroatoms. The van der Waals surface area contributed by atoms with Crippen LogP contribution < -0.4 is 19.5 Å². The zero-order valence-electron chi connectivity index (χ0n) is 13.4. The Morgan fingerprint density at radius 3 is 2.62 bits per heavy atom. The van der Waals surface area contributed by atoms with E-state index in [2.05, 4.69) is 15.3 Å². The highest BCUT2D eigenvalue weighted by Crippen LogP contribution is 2.23. The van der Waals surface area contributed by atoms with E-state index in [0.29, 0.717) is 13.2 Å². The number of nitrogens with one attached hydrogen (secondary N) is 1. The minimum Gasteiger partial charge on any atom is -0.481 e. The van der Waals surface area contributed by atoms with E-state index >= 15 is 0 Å². The van der Waals surface area contributed by atoms with Crippen LogP contribution in [-0.4, -0.2) is 35.7 Å². The molecular weight excluding hydrogens is 317 g/mol. The van der Waals surface area contributed by atoms with E-state index in [0.717, 1.165) is 0 Å². The van der Waals surface area contributed by atoms with Crippen molar-refractivity contribution in [3.05, 3.63) is 36.3 Å². The van der Waals surface area contributed by atoms with E-state index in [1.165, 1.54) is 24.4 Å². The van der Waals surface area contributed by atoms with Crippen molar-refractivity contribution < 1.29 is 23.4 Å². The monoisotopic (exact) mass is 335 g/mol. The summed E-state index contributed by atoms with van der Waals surface area (Å²) >= 11 is 0. The lowest BCUT2D eigenvalue weighted by atomic mass is 10.3. The molecule has 0 aliphatic heterocycles. The van der Waals surface area contributed by atoms with Gasteiger partial charge in [0.2, 0.25) is 5.88 Å². The van der Waals surface area contributed by atoms with Gasteiger partial charge in [-0.25, -0.2) is 9.37 Å². The Balaban J connectivity index is 2.01. The number of anilines is 1. The Bertz CT molecular complexity index is 697. The molecular formula is C16H18FN3O4. The predicted molar refractivity (Wildman–Crippen MR) is 84.9 cm³/mol. The number of amides is 1. The van der Waals surface area contributed by atoms with Crippen LogP contribution in [0.4, 0.5) is 10.1 Å². The Labute approximate surface area is 138 Å². The highest BCUT2D eigenvalue weighted by molar-refractivity contribution is 5.92. The molecule has 1 aromatic carbocycles. The molecule has 128 valence electrons. The first kappa shape index (κ1) is 17.5. The van der Waals surface area contributed by atoms with Gasteiger partial charge < -0.3 is 19.5 Å². The molecule has 2 aromatic rings. The summed E-state index contributed by atoms with van der Waals surface area (Å²) < 4.78 is 29.1.